The summed E-state index contributed by atoms with van der Waals surface area (Å²) in [5, 5.41) is 5.80. The minimum atomic E-state index is -3.84. The molecular formula is C17H13Cl2N3O3S2. The number of rotatable bonds is 4. The summed E-state index contributed by atoms with van der Waals surface area (Å²) in [4.78, 5) is 17.1. The van der Waals surface area contributed by atoms with E-state index in [1.807, 2.05) is 0 Å². The van der Waals surface area contributed by atoms with Crippen LogP contribution < -0.4 is 9.94 Å². The Bertz CT molecular complexity index is 1240. The van der Waals surface area contributed by atoms with Gasteiger partial charge >= 0.3 is 0 Å². The molecule has 0 saturated carbocycles. The predicted molar refractivity (Wildman–Crippen MR) is 108 cm³/mol. The lowest BCUT2D eigenvalue weighted by atomic mass is 10.2. The lowest BCUT2D eigenvalue weighted by molar-refractivity contribution is 0.0998. The molecule has 6 nitrogen and oxygen atoms in total. The van der Waals surface area contributed by atoms with Crippen LogP contribution in [-0.4, -0.2) is 18.9 Å². The largest absolute Gasteiger partial charge is 0.312 e. The van der Waals surface area contributed by atoms with Gasteiger partial charge in [0, 0.05) is 11.6 Å². The lowest BCUT2D eigenvalue weighted by Crippen LogP contribution is -2.16. The standard InChI is InChI=1S/C17H13Cl2N3O3S2/c1-2-7-22-14-6-4-11(27(20,24)25)9-15(14)26-17(22)21-16(23)12-5-3-10(18)8-13(12)19/h2-6,8-9H,1,7H2,(H2,20,24,25). The summed E-state index contributed by atoms with van der Waals surface area (Å²) in [7, 11) is -3.84. The van der Waals surface area contributed by atoms with Crippen molar-refractivity contribution >= 4 is 60.7 Å². The van der Waals surface area contributed by atoms with E-state index in [1.165, 1.54) is 24.3 Å². The molecule has 0 spiro atoms. The van der Waals surface area contributed by atoms with Gasteiger partial charge in [0.25, 0.3) is 5.91 Å². The highest BCUT2D eigenvalue weighted by Crippen LogP contribution is 2.23. The highest BCUT2D eigenvalue weighted by molar-refractivity contribution is 7.89. The van der Waals surface area contributed by atoms with E-state index in [0.29, 0.717) is 26.6 Å². The molecule has 3 aromatic rings. The van der Waals surface area contributed by atoms with Gasteiger partial charge in [0.15, 0.2) is 4.80 Å². The van der Waals surface area contributed by atoms with Crippen molar-refractivity contribution in [2.75, 3.05) is 0 Å². The minimum absolute atomic E-state index is 0.0133. The van der Waals surface area contributed by atoms with E-state index < -0.39 is 15.9 Å². The fourth-order valence-electron chi connectivity index (χ4n) is 2.43. The Hall–Kier alpha value is -1.97. The number of carbonyl (C=O) groups excluding carboxylic acids is 1. The van der Waals surface area contributed by atoms with Crippen LogP contribution in [0.4, 0.5) is 0 Å². The van der Waals surface area contributed by atoms with Gasteiger partial charge in [0.2, 0.25) is 10.0 Å². The molecule has 0 unspecified atom stereocenters. The van der Waals surface area contributed by atoms with Crippen LogP contribution in [0.5, 0.6) is 0 Å². The normalized spacial score (nSPS) is 12.5. The van der Waals surface area contributed by atoms with Gasteiger partial charge in [-0.25, -0.2) is 13.6 Å². The fraction of sp³-hybridized carbons (Fsp3) is 0.0588. The van der Waals surface area contributed by atoms with Gasteiger partial charge in [-0.15, -0.1) is 6.58 Å². The first-order chi connectivity index (χ1) is 12.7. The maximum Gasteiger partial charge on any atom is 0.281 e. The number of sulfonamides is 1. The number of halogens is 2. The van der Waals surface area contributed by atoms with Crippen LogP contribution in [0.2, 0.25) is 10.0 Å². The average Bonchev–Trinajstić information content (AvgIpc) is 2.91. The molecule has 0 saturated heterocycles. The van der Waals surface area contributed by atoms with Crippen LogP contribution in [0, 0.1) is 0 Å². The third-order valence-corrected chi connectivity index (χ3v) is 6.15. The number of fused-ring (bicyclic) bond motifs is 1. The van der Waals surface area contributed by atoms with Gasteiger partial charge in [-0.1, -0.05) is 40.6 Å². The van der Waals surface area contributed by atoms with Crippen molar-refractivity contribution in [1.29, 1.82) is 0 Å². The summed E-state index contributed by atoms with van der Waals surface area (Å²) in [6, 6.07) is 9.00. The maximum atomic E-state index is 12.6. The zero-order valence-corrected chi connectivity index (χ0v) is 16.9. The van der Waals surface area contributed by atoms with Crippen LogP contribution in [0.1, 0.15) is 10.4 Å². The topological polar surface area (TPSA) is 94.5 Å². The van der Waals surface area contributed by atoms with Gasteiger partial charge < -0.3 is 4.57 Å². The number of hydrogen-bond acceptors (Lipinski definition) is 4. The Morgan fingerprint density at radius 1 is 1.26 bits per heavy atom. The molecule has 0 aliphatic heterocycles. The Kier molecular flexibility index (Phi) is 5.55. The Morgan fingerprint density at radius 2 is 2.00 bits per heavy atom. The van der Waals surface area contributed by atoms with Gasteiger partial charge in [0.1, 0.15) is 0 Å². The van der Waals surface area contributed by atoms with Crippen LogP contribution in [0.25, 0.3) is 10.2 Å². The third kappa shape index (κ3) is 4.15. The summed E-state index contributed by atoms with van der Waals surface area (Å²) in [5.41, 5.74) is 0.926. The first kappa shape index (κ1) is 19.8. The predicted octanol–water partition coefficient (Wildman–Crippen LogP) is 3.58. The summed E-state index contributed by atoms with van der Waals surface area (Å²) in [6.07, 6.45) is 1.65. The van der Waals surface area contributed by atoms with Crippen molar-refractivity contribution in [3.63, 3.8) is 0 Å². The van der Waals surface area contributed by atoms with Gasteiger partial charge in [-0.05, 0) is 36.4 Å². The van der Waals surface area contributed by atoms with E-state index >= 15 is 0 Å². The van der Waals surface area contributed by atoms with Crippen LogP contribution >= 0.6 is 34.5 Å². The SMILES string of the molecule is C=CCn1c(=NC(=O)c2ccc(Cl)cc2Cl)sc2cc(S(N)(=O)=O)ccc21. The van der Waals surface area contributed by atoms with Crippen molar-refractivity contribution in [2.45, 2.75) is 11.4 Å². The number of benzene rings is 2. The molecule has 27 heavy (non-hydrogen) atoms. The number of thiazole rings is 1. The number of aromatic nitrogens is 1. The van der Waals surface area contributed by atoms with Crippen molar-refractivity contribution in [2.24, 2.45) is 10.1 Å². The number of allylic oxidation sites excluding steroid dienone is 1. The Balaban J connectivity index is 2.19. The van der Waals surface area contributed by atoms with Crippen LogP contribution in [-0.2, 0) is 16.6 Å². The second-order valence-corrected chi connectivity index (χ2v) is 8.91. The van der Waals surface area contributed by atoms with E-state index in [-0.39, 0.29) is 15.5 Å². The van der Waals surface area contributed by atoms with Crippen molar-refractivity contribution in [1.82, 2.24) is 4.57 Å². The molecule has 1 heterocycles. The van der Waals surface area contributed by atoms with Crippen molar-refractivity contribution < 1.29 is 13.2 Å². The molecule has 10 heteroatoms. The molecule has 0 atom stereocenters. The first-order valence-corrected chi connectivity index (χ1v) is 10.6. The van der Waals surface area contributed by atoms with E-state index in [1.54, 1.807) is 22.8 Å². The van der Waals surface area contributed by atoms with Gasteiger partial charge in [-0.3, -0.25) is 4.79 Å². The lowest BCUT2D eigenvalue weighted by Gasteiger charge is -2.03. The van der Waals surface area contributed by atoms with E-state index in [2.05, 4.69) is 11.6 Å². The quantitative estimate of drug-likeness (QED) is 0.626. The average molecular weight is 442 g/mol. The maximum absolute atomic E-state index is 12.6. The molecule has 2 N–H and O–H groups in total. The third-order valence-electron chi connectivity index (χ3n) is 3.65. The second kappa shape index (κ2) is 7.57. The number of primary sulfonamides is 1. The minimum Gasteiger partial charge on any atom is -0.312 e. The highest BCUT2D eigenvalue weighted by Gasteiger charge is 2.14. The molecule has 140 valence electrons. The Labute approximate surface area is 169 Å². The number of hydrogen-bond donors (Lipinski definition) is 1. The number of nitrogens with zero attached hydrogens (tertiary/aromatic N) is 2. The second-order valence-electron chi connectivity index (χ2n) is 5.50. The molecule has 1 amide bonds. The fourth-order valence-corrected chi connectivity index (χ4v) is 4.61. The van der Waals surface area contributed by atoms with E-state index in [4.69, 9.17) is 28.3 Å². The Morgan fingerprint density at radius 3 is 2.63 bits per heavy atom. The summed E-state index contributed by atoms with van der Waals surface area (Å²) in [6.45, 7) is 4.09. The van der Waals surface area contributed by atoms with Crippen LogP contribution in [0.3, 0.4) is 0 Å². The van der Waals surface area contributed by atoms with Gasteiger partial charge in [0.05, 0.1) is 25.7 Å². The smallest absolute Gasteiger partial charge is 0.281 e. The number of carbonyl (C=O) groups is 1. The summed E-state index contributed by atoms with van der Waals surface area (Å²) < 4.78 is 25.5. The first-order valence-electron chi connectivity index (χ1n) is 7.52. The molecule has 0 fully saturated rings. The molecule has 2 aromatic carbocycles. The molecule has 3 rings (SSSR count). The zero-order valence-electron chi connectivity index (χ0n) is 13.7. The zero-order chi connectivity index (χ0) is 19.8. The molecule has 0 aliphatic rings. The van der Waals surface area contributed by atoms with Crippen molar-refractivity contribution in [3.05, 3.63) is 69.5 Å². The molecule has 0 bridgehead atoms. The molecular weight excluding hydrogens is 429 g/mol. The van der Waals surface area contributed by atoms with Gasteiger partial charge in [-0.2, -0.15) is 4.99 Å². The molecule has 0 aliphatic carbocycles. The van der Waals surface area contributed by atoms with Crippen LogP contribution in [0.15, 0.2) is 58.9 Å². The summed E-state index contributed by atoms with van der Waals surface area (Å²) in [5.74, 6) is -0.535. The number of nitrogens with two attached hydrogens (primary N) is 1. The molecule has 1 aromatic heterocycles. The molecule has 0 radical (unpaired) electrons. The van der Waals surface area contributed by atoms with Crippen molar-refractivity contribution in [3.8, 4) is 0 Å². The highest BCUT2D eigenvalue weighted by atomic mass is 35.5. The number of amides is 1. The monoisotopic (exact) mass is 441 g/mol. The van der Waals surface area contributed by atoms with E-state index in [0.717, 1.165) is 11.3 Å². The van der Waals surface area contributed by atoms with E-state index in [9.17, 15) is 13.2 Å². The summed E-state index contributed by atoms with van der Waals surface area (Å²) >= 11 is 13.1.